The maximum absolute atomic E-state index is 12.4. The third-order valence-electron chi connectivity index (χ3n) is 4.42. The van der Waals surface area contributed by atoms with Crippen molar-refractivity contribution in [2.75, 3.05) is 13.2 Å². The molecule has 0 unspecified atom stereocenters. The number of carbonyl (C=O) groups is 2. The Labute approximate surface area is 159 Å². The van der Waals surface area contributed by atoms with E-state index in [0.29, 0.717) is 5.56 Å². The van der Waals surface area contributed by atoms with Gasteiger partial charge in [-0.05, 0) is 36.5 Å². The Hall–Kier alpha value is -2.91. The molecule has 1 aromatic rings. The zero-order chi connectivity index (χ0) is 19.6. The first-order valence-electron chi connectivity index (χ1n) is 9.11. The number of aliphatic hydroxyl groups excluding tert-OH is 1. The lowest BCUT2D eigenvalue weighted by Crippen LogP contribution is -2.46. The number of carbonyl (C=O) groups excluding carboxylic acids is 2. The van der Waals surface area contributed by atoms with Crippen molar-refractivity contribution in [2.45, 2.75) is 31.7 Å². The number of nitrogens with one attached hydrogen (secondary N) is 2. The summed E-state index contributed by atoms with van der Waals surface area (Å²) in [6, 6.07) is 8.79. The summed E-state index contributed by atoms with van der Waals surface area (Å²) in [4.78, 5) is 24.1. The zero-order valence-electron chi connectivity index (χ0n) is 15.4. The van der Waals surface area contributed by atoms with Crippen LogP contribution in [0, 0.1) is 17.2 Å². The minimum absolute atomic E-state index is 0.126. The fourth-order valence-electron chi connectivity index (χ4n) is 2.77. The molecule has 3 atom stereocenters. The molecule has 3 N–H and O–H groups in total. The van der Waals surface area contributed by atoms with Gasteiger partial charge in [-0.3, -0.25) is 9.59 Å². The number of rotatable bonds is 9. The highest BCUT2D eigenvalue weighted by atomic mass is 16.3. The number of hydrogen-bond donors (Lipinski definition) is 3. The number of nitriles is 1. The first-order chi connectivity index (χ1) is 13.1. The molecule has 6 nitrogen and oxygen atoms in total. The normalized spacial score (nSPS) is 19.6. The lowest BCUT2D eigenvalue weighted by Gasteiger charge is -2.16. The fraction of sp³-hybridized carbons (Fsp3) is 0.381. The number of allylic oxidation sites excluding steroid dienone is 3. The van der Waals surface area contributed by atoms with Gasteiger partial charge in [-0.2, -0.15) is 5.26 Å². The Kier molecular flexibility index (Phi) is 7.78. The second-order valence-electron chi connectivity index (χ2n) is 6.51. The van der Waals surface area contributed by atoms with Crippen LogP contribution in [0.25, 0.3) is 0 Å². The van der Waals surface area contributed by atoms with Gasteiger partial charge in [0.05, 0.1) is 24.3 Å². The van der Waals surface area contributed by atoms with Crippen LogP contribution in [0.4, 0.5) is 0 Å². The second-order valence-corrected chi connectivity index (χ2v) is 6.51. The van der Waals surface area contributed by atoms with Crippen LogP contribution in [0.1, 0.15) is 36.8 Å². The standard InChI is InChI=1S/C21H25N3O3/c1-2-3-4-5-6-20(26)23-13-17(14-25)24-21(27)19-11-18(19)16-9-7-15(12-22)8-10-16/h3-10,17-19,25H,2,11,13-14H2,1H3,(H,23,26)(H,24,27)/b4-3+,6-5+/t17-,18+,19-/m1/s1. The van der Waals surface area contributed by atoms with Gasteiger partial charge in [-0.15, -0.1) is 0 Å². The summed E-state index contributed by atoms with van der Waals surface area (Å²) in [5.74, 6) is -0.397. The monoisotopic (exact) mass is 367 g/mol. The maximum atomic E-state index is 12.4. The van der Waals surface area contributed by atoms with Crippen molar-refractivity contribution in [1.82, 2.24) is 10.6 Å². The van der Waals surface area contributed by atoms with Crippen LogP contribution in [0.15, 0.2) is 48.6 Å². The molecule has 1 fully saturated rings. The van der Waals surface area contributed by atoms with E-state index in [2.05, 4.69) is 16.7 Å². The molecule has 0 radical (unpaired) electrons. The molecule has 6 heteroatoms. The Balaban J connectivity index is 1.78. The number of amides is 2. The molecule has 1 aliphatic rings. The molecule has 0 aliphatic heterocycles. The highest BCUT2D eigenvalue weighted by Crippen LogP contribution is 2.47. The van der Waals surface area contributed by atoms with Crippen molar-refractivity contribution in [3.63, 3.8) is 0 Å². The van der Waals surface area contributed by atoms with Crippen molar-refractivity contribution < 1.29 is 14.7 Å². The van der Waals surface area contributed by atoms with Gasteiger partial charge >= 0.3 is 0 Å². The van der Waals surface area contributed by atoms with Crippen molar-refractivity contribution in [3.8, 4) is 6.07 Å². The molecular weight excluding hydrogens is 342 g/mol. The van der Waals surface area contributed by atoms with Crippen LogP contribution in [-0.2, 0) is 9.59 Å². The summed E-state index contributed by atoms with van der Waals surface area (Å²) < 4.78 is 0. The summed E-state index contributed by atoms with van der Waals surface area (Å²) in [6.07, 6.45) is 8.42. The van der Waals surface area contributed by atoms with Crippen LogP contribution in [0.2, 0.25) is 0 Å². The third kappa shape index (κ3) is 6.39. The Morgan fingerprint density at radius 1 is 1.33 bits per heavy atom. The van der Waals surface area contributed by atoms with E-state index < -0.39 is 6.04 Å². The molecule has 0 heterocycles. The van der Waals surface area contributed by atoms with Gasteiger partial charge in [0.15, 0.2) is 0 Å². The number of nitrogens with zero attached hydrogens (tertiary/aromatic N) is 1. The highest BCUT2D eigenvalue weighted by Gasteiger charge is 2.44. The molecular formula is C21H25N3O3. The largest absolute Gasteiger partial charge is 0.394 e. The second kappa shape index (κ2) is 10.3. The molecule has 1 saturated carbocycles. The lowest BCUT2D eigenvalue weighted by molar-refractivity contribution is -0.124. The van der Waals surface area contributed by atoms with Crippen molar-refractivity contribution >= 4 is 11.8 Å². The van der Waals surface area contributed by atoms with Gasteiger partial charge in [0.1, 0.15) is 0 Å². The Morgan fingerprint density at radius 3 is 2.70 bits per heavy atom. The average molecular weight is 367 g/mol. The molecule has 1 aromatic carbocycles. The lowest BCUT2D eigenvalue weighted by atomic mass is 10.1. The highest BCUT2D eigenvalue weighted by molar-refractivity contribution is 5.88. The van der Waals surface area contributed by atoms with E-state index in [1.807, 2.05) is 25.1 Å². The molecule has 2 amide bonds. The SMILES string of the molecule is CC/C=C/C=C/C(=O)NC[C@H](CO)NC(=O)[C@@H]1C[C@H]1c1ccc(C#N)cc1. The van der Waals surface area contributed by atoms with Gasteiger partial charge in [-0.1, -0.05) is 37.3 Å². The van der Waals surface area contributed by atoms with Crippen LogP contribution < -0.4 is 10.6 Å². The molecule has 0 bridgehead atoms. The van der Waals surface area contributed by atoms with E-state index in [1.54, 1.807) is 24.3 Å². The van der Waals surface area contributed by atoms with Crippen LogP contribution in [0.5, 0.6) is 0 Å². The van der Waals surface area contributed by atoms with Crippen LogP contribution in [-0.4, -0.2) is 36.1 Å². The fourth-order valence-corrected chi connectivity index (χ4v) is 2.77. The van der Waals surface area contributed by atoms with Gasteiger partial charge < -0.3 is 15.7 Å². The van der Waals surface area contributed by atoms with E-state index >= 15 is 0 Å². The summed E-state index contributed by atoms with van der Waals surface area (Å²) in [5, 5.41) is 23.7. The Bertz CT molecular complexity index is 747. The topological polar surface area (TPSA) is 102 Å². The minimum atomic E-state index is -0.525. The van der Waals surface area contributed by atoms with E-state index in [0.717, 1.165) is 18.4 Å². The maximum Gasteiger partial charge on any atom is 0.244 e. The van der Waals surface area contributed by atoms with Gasteiger partial charge in [-0.25, -0.2) is 0 Å². The summed E-state index contributed by atoms with van der Waals surface area (Å²) in [7, 11) is 0. The van der Waals surface area contributed by atoms with Crippen molar-refractivity contribution in [2.24, 2.45) is 5.92 Å². The van der Waals surface area contributed by atoms with Crippen molar-refractivity contribution in [3.05, 3.63) is 59.7 Å². The average Bonchev–Trinajstić information content (AvgIpc) is 3.49. The number of benzene rings is 1. The minimum Gasteiger partial charge on any atom is -0.394 e. The quantitative estimate of drug-likeness (QED) is 0.457. The molecule has 0 spiro atoms. The van der Waals surface area contributed by atoms with Crippen molar-refractivity contribution in [1.29, 1.82) is 5.26 Å². The van der Waals surface area contributed by atoms with Gasteiger partial charge in [0.2, 0.25) is 11.8 Å². The predicted octanol–water partition coefficient (Wildman–Crippen LogP) is 1.78. The first-order valence-corrected chi connectivity index (χ1v) is 9.11. The molecule has 142 valence electrons. The molecule has 2 rings (SSSR count). The summed E-state index contributed by atoms with van der Waals surface area (Å²) in [6.45, 7) is 1.92. The van der Waals surface area contributed by atoms with E-state index in [-0.39, 0.29) is 36.8 Å². The summed E-state index contributed by atoms with van der Waals surface area (Å²) in [5.41, 5.74) is 1.63. The van der Waals surface area contributed by atoms with Crippen LogP contribution >= 0.6 is 0 Å². The van der Waals surface area contributed by atoms with E-state index in [1.165, 1.54) is 6.08 Å². The van der Waals surface area contributed by atoms with Gasteiger partial charge in [0, 0.05) is 18.5 Å². The van der Waals surface area contributed by atoms with Gasteiger partial charge in [0.25, 0.3) is 0 Å². The van der Waals surface area contributed by atoms with Crippen LogP contribution in [0.3, 0.4) is 0 Å². The Morgan fingerprint density at radius 2 is 2.07 bits per heavy atom. The smallest absolute Gasteiger partial charge is 0.244 e. The molecule has 0 aromatic heterocycles. The zero-order valence-corrected chi connectivity index (χ0v) is 15.4. The summed E-state index contributed by atoms with van der Waals surface area (Å²) >= 11 is 0. The number of hydrogen-bond acceptors (Lipinski definition) is 4. The molecule has 27 heavy (non-hydrogen) atoms. The predicted molar refractivity (Wildman–Crippen MR) is 103 cm³/mol. The van der Waals surface area contributed by atoms with E-state index in [9.17, 15) is 14.7 Å². The number of aliphatic hydroxyl groups is 1. The molecule has 0 saturated heterocycles. The first kappa shape index (κ1) is 20.4. The van der Waals surface area contributed by atoms with E-state index in [4.69, 9.17) is 5.26 Å². The molecule has 1 aliphatic carbocycles. The third-order valence-corrected chi connectivity index (χ3v) is 4.42.